The first kappa shape index (κ1) is 15.0. The summed E-state index contributed by atoms with van der Waals surface area (Å²) in [6, 6.07) is 17.1. The Morgan fingerprint density at radius 1 is 0.952 bits per heavy atom. The van der Waals surface area contributed by atoms with Crippen molar-refractivity contribution in [3.63, 3.8) is 0 Å². The molecule has 1 heterocycles. The maximum Gasteiger partial charge on any atom is 0.170 e. The Morgan fingerprint density at radius 2 is 1.62 bits per heavy atom. The molecule has 0 radical (unpaired) electrons. The molecule has 6 nitrogen and oxygen atoms in total. The molecule has 2 aromatic carbocycles. The van der Waals surface area contributed by atoms with Gasteiger partial charge in [0.25, 0.3) is 0 Å². The Bertz CT molecular complexity index is 684. The van der Waals surface area contributed by atoms with Crippen molar-refractivity contribution in [1.29, 1.82) is 0 Å². The number of rotatable bonds is 4. The highest BCUT2D eigenvalue weighted by atomic mass is 35.5. The van der Waals surface area contributed by atoms with Crippen LogP contribution in [0.15, 0.2) is 54.6 Å². The van der Waals surface area contributed by atoms with Crippen LogP contribution in [-0.4, -0.2) is 20.2 Å². The van der Waals surface area contributed by atoms with E-state index in [9.17, 15) is 0 Å². The van der Waals surface area contributed by atoms with Gasteiger partial charge in [-0.1, -0.05) is 18.2 Å². The third kappa shape index (κ3) is 3.36. The lowest BCUT2D eigenvalue weighted by Gasteiger charge is -2.07. The van der Waals surface area contributed by atoms with Gasteiger partial charge >= 0.3 is 0 Å². The molecule has 0 fully saturated rings. The van der Waals surface area contributed by atoms with Crippen LogP contribution in [0.2, 0.25) is 0 Å². The molecule has 2 N–H and O–H groups in total. The number of ether oxygens (including phenoxy) is 1. The van der Waals surface area contributed by atoms with Crippen molar-refractivity contribution in [3.8, 4) is 17.2 Å². The van der Waals surface area contributed by atoms with Gasteiger partial charge in [0.15, 0.2) is 5.82 Å². The van der Waals surface area contributed by atoms with Gasteiger partial charge in [-0.25, -0.2) is 0 Å². The minimum Gasteiger partial charge on any atom is -0.457 e. The highest BCUT2D eigenvalue weighted by Gasteiger charge is 2.06. The van der Waals surface area contributed by atoms with Crippen molar-refractivity contribution < 1.29 is 4.74 Å². The molecule has 0 atom stereocenters. The Morgan fingerprint density at radius 3 is 2.29 bits per heavy atom. The number of hydrogen-bond donors (Lipinski definition) is 1. The summed E-state index contributed by atoms with van der Waals surface area (Å²) in [5.74, 6) is 2.16. The van der Waals surface area contributed by atoms with Crippen molar-refractivity contribution >= 4 is 12.4 Å². The smallest absolute Gasteiger partial charge is 0.170 e. The number of benzene rings is 2. The summed E-state index contributed by atoms with van der Waals surface area (Å²) in [5, 5.41) is 11.4. The summed E-state index contributed by atoms with van der Waals surface area (Å²) in [7, 11) is 0. The summed E-state index contributed by atoms with van der Waals surface area (Å²) in [5.41, 5.74) is 6.42. The van der Waals surface area contributed by atoms with Crippen LogP contribution >= 0.6 is 12.4 Å². The second kappa shape index (κ2) is 6.83. The van der Waals surface area contributed by atoms with Crippen molar-refractivity contribution in [3.05, 3.63) is 60.4 Å². The summed E-state index contributed by atoms with van der Waals surface area (Å²) in [6.45, 7) is 0.287. The molecule has 0 saturated heterocycles. The molecule has 0 unspecified atom stereocenters. The zero-order valence-corrected chi connectivity index (χ0v) is 11.9. The van der Waals surface area contributed by atoms with Crippen LogP contribution in [0.25, 0.3) is 5.69 Å². The number of para-hydroxylation sites is 1. The van der Waals surface area contributed by atoms with E-state index in [2.05, 4.69) is 15.5 Å². The van der Waals surface area contributed by atoms with Gasteiger partial charge < -0.3 is 10.5 Å². The van der Waals surface area contributed by atoms with Gasteiger partial charge in [0, 0.05) is 0 Å². The third-order valence-electron chi connectivity index (χ3n) is 2.78. The van der Waals surface area contributed by atoms with Crippen LogP contribution in [0.4, 0.5) is 0 Å². The van der Waals surface area contributed by atoms with Crippen molar-refractivity contribution in [1.82, 2.24) is 20.2 Å². The number of halogens is 1. The van der Waals surface area contributed by atoms with Gasteiger partial charge in [-0.15, -0.1) is 17.5 Å². The van der Waals surface area contributed by atoms with Crippen LogP contribution in [-0.2, 0) is 6.54 Å². The highest BCUT2D eigenvalue weighted by Crippen LogP contribution is 2.22. The number of nitrogens with two attached hydrogens (primary N) is 1. The second-order valence-corrected chi connectivity index (χ2v) is 4.12. The van der Waals surface area contributed by atoms with Crippen LogP contribution < -0.4 is 10.5 Å². The van der Waals surface area contributed by atoms with E-state index in [1.54, 1.807) is 4.68 Å². The quantitative estimate of drug-likeness (QED) is 0.800. The normalized spacial score (nSPS) is 9.95. The molecule has 1 aromatic heterocycles. The van der Waals surface area contributed by atoms with E-state index in [4.69, 9.17) is 10.5 Å². The van der Waals surface area contributed by atoms with Crippen molar-refractivity contribution in [2.75, 3.05) is 0 Å². The van der Waals surface area contributed by atoms with E-state index < -0.39 is 0 Å². The fourth-order valence-corrected chi connectivity index (χ4v) is 1.81. The molecule has 3 rings (SSSR count). The average Bonchev–Trinajstić information content (AvgIpc) is 2.98. The molecule has 108 valence electrons. The van der Waals surface area contributed by atoms with E-state index in [0.29, 0.717) is 5.82 Å². The molecule has 0 aliphatic rings. The SMILES string of the molecule is Cl.NCc1nnnn1-c1ccc(Oc2ccccc2)cc1. The lowest BCUT2D eigenvalue weighted by molar-refractivity contribution is 0.482. The first-order valence-electron chi connectivity index (χ1n) is 6.17. The standard InChI is InChI=1S/C14H13N5O.ClH/c15-10-14-16-17-18-19(14)11-6-8-13(9-7-11)20-12-4-2-1-3-5-12;/h1-9H,10,15H2;1H. The molecule has 0 aliphatic carbocycles. The summed E-state index contributed by atoms with van der Waals surface area (Å²) in [4.78, 5) is 0. The zero-order chi connectivity index (χ0) is 13.8. The summed E-state index contributed by atoms with van der Waals surface area (Å²) >= 11 is 0. The molecule has 0 spiro atoms. The van der Waals surface area contributed by atoms with E-state index in [1.165, 1.54) is 0 Å². The molecule has 7 heteroatoms. The molecule has 3 aromatic rings. The molecule has 0 amide bonds. The second-order valence-electron chi connectivity index (χ2n) is 4.12. The van der Waals surface area contributed by atoms with Crippen molar-refractivity contribution in [2.24, 2.45) is 5.73 Å². The third-order valence-corrected chi connectivity index (χ3v) is 2.78. The molecular formula is C14H14ClN5O. The molecule has 0 bridgehead atoms. The van der Waals surface area contributed by atoms with Crippen LogP contribution in [0.5, 0.6) is 11.5 Å². The maximum atomic E-state index is 5.72. The molecule has 0 aliphatic heterocycles. The van der Waals surface area contributed by atoms with Gasteiger partial charge in [0.1, 0.15) is 11.5 Å². The summed E-state index contributed by atoms with van der Waals surface area (Å²) < 4.78 is 7.33. The van der Waals surface area contributed by atoms with Gasteiger partial charge in [0.05, 0.1) is 12.2 Å². The zero-order valence-electron chi connectivity index (χ0n) is 11.1. The van der Waals surface area contributed by atoms with Gasteiger partial charge in [-0.3, -0.25) is 0 Å². The fourth-order valence-electron chi connectivity index (χ4n) is 1.81. The number of tetrazole rings is 1. The van der Waals surface area contributed by atoms with Crippen LogP contribution in [0, 0.1) is 0 Å². The maximum absolute atomic E-state index is 5.72. The largest absolute Gasteiger partial charge is 0.457 e. The van der Waals surface area contributed by atoms with Crippen molar-refractivity contribution in [2.45, 2.75) is 6.54 Å². The molecule has 21 heavy (non-hydrogen) atoms. The van der Waals surface area contributed by atoms with E-state index in [1.807, 2.05) is 54.6 Å². The highest BCUT2D eigenvalue weighted by molar-refractivity contribution is 5.85. The number of hydrogen-bond acceptors (Lipinski definition) is 5. The van der Waals surface area contributed by atoms with Gasteiger partial charge in [-0.2, -0.15) is 4.68 Å². The Labute approximate surface area is 128 Å². The monoisotopic (exact) mass is 303 g/mol. The van der Waals surface area contributed by atoms with Crippen LogP contribution in [0.1, 0.15) is 5.82 Å². The average molecular weight is 304 g/mol. The first-order valence-corrected chi connectivity index (χ1v) is 6.17. The minimum atomic E-state index is 0. The van der Waals surface area contributed by atoms with Crippen LogP contribution in [0.3, 0.4) is 0 Å². The first-order chi connectivity index (χ1) is 9.86. The van der Waals surface area contributed by atoms with E-state index in [0.717, 1.165) is 17.2 Å². The van der Waals surface area contributed by atoms with E-state index >= 15 is 0 Å². The number of nitrogens with zero attached hydrogens (tertiary/aromatic N) is 4. The lowest BCUT2D eigenvalue weighted by atomic mass is 10.3. The van der Waals surface area contributed by atoms with Gasteiger partial charge in [0.2, 0.25) is 0 Å². The Hall–Kier alpha value is -2.44. The molecule has 0 saturated carbocycles. The van der Waals surface area contributed by atoms with E-state index in [-0.39, 0.29) is 19.0 Å². The predicted molar refractivity (Wildman–Crippen MR) is 80.8 cm³/mol. The minimum absolute atomic E-state index is 0. The predicted octanol–water partition coefficient (Wildman–Crippen LogP) is 2.34. The lowest BCUT2D eigenvalue weighted by Crippen LogP contribution is -2.07. The summed E-state index contributed by atoms with van der Waals surface area (Å²) in [6.07, 6.45) is 0. The topological polar surface area (TPSA) is 78.9 Å². The fraction of sp³-hybridized carbons (Fsp3) is 0.0714. The van der Waals surface area contributed by atoms with Gasteiger partial charge in [-0.05, 0) is 46.8 Å². The Kier molecular flexibility index (Phi) is 4.86. The Balaban J connectivity index is 0.00000161. The molecular weight excluding hydrogens is 290 g/mol. The number of aromatic nitrogens is 4.